The maximum atomic E-state index is 14.9. The summed E-state index contributed by atoms with van der Waals surface area (Å²) in [5, 5.41) is 9.15. The van der Waals surface area contributed by atoms with Gasteiger partial charge in [0.15, 0.2) is 9.84 Å². The van der Waals surface area contributed by atoms with Crippen molar-refractivity contribution < 1.29 is 53.8 Å². The van der Waals surface area contributed by atoms with Crippen LogP contribution in [0.5, 0.6) is 0 Å². The summed E-state index contributed by atoms with van der Waals surface area (Å²) < 4.78 is 123. The molecule has 0 saturated carbocycles. The number of carboxylic acids is 1. The number of amides is 1. The molecule has 1 saturated heterocycles. The molecule has 0 aromatic heterocycles. The number of likely N-dealkylation sites (tertiary alicyclic amines) is 1. The number of carboxylic acid groups (broad SMARTS) is 1. The van der Waals surface area contributed by atoms with Gasteiger partial charge in [-0.3, -0.25) is 4.79 Å². The number of benzene rings is 3. The number of hydrogen-bond acceptors (Lipinski definition) is 4. The third-order valence-corrected chi connectivity index (χ3v) is 10.8. The number of nitrogens with zero attached hydrogens (tertiary/aromatic N) is 1. The van der Waals surface area contributed by atoms with Crippen molar-refractivity contribution in [1.82, 2.24) is 4.90 Å². The highest BCUT2D eigenvalue weighted by atomic mass is 32.2. The third-order valence-electron chi connectivity index (χ3n) is 8.24. The monoisotopic (exact) mass is 629 g/mol. The molecular formula is C29H22F7NO5S. The number of sulfone groups is 1. The van der Waals surface area contributed by atoms with Gasteiger partial charge in [0.1, 0.15) is 4.75 Å². The van der Waals surface area contributed by atoms with E-state index >= 15 is 0 Å². The molecule has 0 bridgehead atoms. The molecule has 0 unspecified atom stereocenters. The molecule has 3 aromatic rings. The normalized spacial score (nSPS) is 20.8. The highest BCUT2D eigenvalue weighted by Gasteiger charge is 2.73. The standard InChI is InChI=1S/C29H22F7NO5S/c30-27(28(31,32)33,29(34,35)36)20-11-12-22-19(16-20)10-13-23-26(22,43(41,42)21-4-2-1-3-5-21)14-15-37(23)24(38)17-6-8-18(9-7-17)25(39)40/h1-9,11-12,16,23H,10,13-15H2,(H,39,40)/t23-,26-/m1/s1. The Hall–Kier alpha value is -3.94. The van der Waals surface area contributed by atoms with Crippen molar-refractivity contribution in [2.24, 2.45) is 0 Å². The number of carbonyl (C=O) groups is 2. The van der Waals surface area contributed by atoms with Crippen molar-refractivity contribution in [1.29, 1.82) is 0 Å². The van der Waals surface area contributed by atoms with Crippen molar-refractivity contribution in [2.75, 3.05) is 6.54 Å². The molecule has 1 fully saturated rings. The van der Waals surface area contributed by atoms with Gasteiger partial charge in [0.2, 0.25) is 0 Å². The minimum atomic E-state index is -6.35. The van der Waals surface area contributed by atoms with E-state index in [2.05, 4.69) is 0 Å². The number of aromatic carboxylic acids is 1. The number of alkyl halides is 7. The maximum absolute atomic E-state index is 14.9. The van der Waals surface area contributed by atoms with Gasteiger partial charge in [-0.25, -0.2) is 17.6 Å². The van der Waals surface area contributed by atoms with E-state index in [1.165, 1.54) is 53.4 Å². The topological polar surface area (TPSA) is 91.8 Å². The summed E-state index contributed by atoms with van der Waals surface area (Å²) in [5.74, 6) is -1.87. The van der Waals surface area contributed by atoms with Crippen LogP contribution in [0.3, 0.4) is 0 Å². The summed E-state index contributed by atoms with van der Waals surface area (Å²) in [6, 6.07) is 12.3. The number of aryl methyl sites for hydroxylation is 1. The van der Waals surface area contributed by atoms with E-state index in [1.807, 2.05) is 0 Å². The fraction of sp³-hybridized carbons (Fsp3) is 0.310. The molecule has 2 atom stereocenters. The summed E-state index contributed by atoms with van der Waals surface area (Å²) in [7, 11) is -4.46. The summed E-state index contributed by atoms with van der Waals surface area (Å²) in [5.41, 5.74) is -7.78. The number of halogens is 7. The van der Waals surface area contributed by atoms with E-state index in [0.29, 0.717) is 12.1 Å². The smallest absolute Gasteiger partial charge is 0.435 e. The Morgan fingerprint density at radius 2 is 1.42 bits per heavy atom. The van der Waals surface area contributed by atoms with Crippen molar-refractivity contribution >= 4 is 21.7 Å². The maximum Gasteiger partial charge on any atom is 0.435 e. The molecule has 1 aliphatic heterocycles. The Morgan fingerprint density at radius 1 is 0.837 bits per heavy atom. The Labute approximate surface area is 240 Å². The zero-order valence-electron chi connectivity index (χ0n) is 21.9. The summed E-state index contributed by atoms with van der Waals surface area (Å²) >= 11 is 0. The van der Waals surface area contributed by atoms with Crippen molar-refractivity contribution in [3.05, 3.63) is 101 Å². The Kier molecular flexibility index (Phi) is 7.14. The van der Waals surface area contributed by atoms with Crippen LogP contribution in [-0.4, -0.2) is 55.2 Å². The van der Waals surface area contributed by atoms with E-state index in [-0.39, 0.29) is 53.0 Å². The van der Waals surface area contributed by atoms with Crippen LogP contribution in [0.2, 0.25) is 0 Å². The first-order valence-corrected chi connectivity index (χ1v) is 14.4. The summed E-state index contributed by atoms with van der Waals surface area (Å²) in [4.78, 5) is 25.9. The van der Waals surface area contributed by atoms with Crippen LogP contribution in [0.25, 0.3) is 0 Å². The van der Waals surface area contributed by atoms with E-state index in [4.69, 9.17) is 5.11 Å². The minimum Gasteiger partial charge on any atom is -0.478 e. The Bertz CT molecular complexity index is 1670. The fourth-order valence-electron chi connectivity index (χ4n) is 6.20. The second-order valence-corrected chi connectivity index (χ2v) is 12.6. The Morgan fingerprint density at radius 3 is 1.98 bits per heavy atom. The molecule has 228 valence electrons. The van der Waals surface area contributed by atoms with Gasteiger partial charge in [-0.1, -0.05) is 36.4 Å². The zero-order valence-corrected chi connectivity index (χ0v) is 22.7. The number of fused-ring (bicyclic) bond motifs is 3. The van der Waals surface area contributed by atoms with E-state index in [1.54, 1.807) is 6.07 Å². The van der Waals surface area contributed by atoms with Gasteiger partial charge < -0.3 is 10.0 Å². The second-order valence-electron chi connectivity index (χ2n) is 10.4. The largest absolute Gasteiger partial charge is 0.478 e. The van der Waals surface area contributed by atoms with E-state index in [0.717, 1.165) is 6.07 Å². The molecule has 6 nitrogen and oxygen atoms in total. The first-order chi connectivity index (χ1) is 20.0. The van der Waals surface area contributed by atoms with Crippen LogP contribution in [0.1, 0.15) is 50.2 Å². The first-order valence-electron chi connectivity index (χ1n) is 12.9. The predicted octanol–water partition coefficient (Wildman–Crippen LogP) is 6.20. The van der Waals surface area contributed by atoms with Gasteiger partial charge in [0.05, 0.1) is 16.5 Å². The lowest BCUT2D eigenvalue weighted by Crippen LogP contribution is -2.53. The van der Waals surface area contributed by atoms with Gasteiger partial charge in [-0.15, -0.1) is 0 Å². The molecule has 0 spiro atoms. The molecule has 43 heavy (non-hydrogen) atoms. The first kappa shape index (κ1) is 30.5. The van der Waals surface area contributed by atoms with Crippen LogP contribution < -0.4 is 0 Å². The molecule has 1 amide bonds. The average Bonchev–Trinajstić information content (AvgIpc) is 3.37. The van der Waals surface area contributed by atoms with Gasteiger partial charge in [0.25, 0.3) is 5.91 Å². The second kappa shape index (κ2) is 10.1. The molecule has 0 radical (unpaired) electrons. The Balaban J connectivity index is 1.67. The highest BCUT2D eigenvalue weighted by Crippen LogP contribution is 2.56. The minimum absolute atomic E-state index is 0.0524. The number of carbonyl (C=O) groups excluding carboxylic acids is 1. The van der Waals surface area contributed by atoms with Gasteiger partial charge >= 0.3 is 24.0 Å². The van der Waals surface area contributed by atoms with Crippen molar-refractivity contribution in [3.8, 4) is 0 Å². The lowest BCUT2D eigenvalue weighted by atomic mass is 9.76. The van der Waals surface area contributed by atoms with Crippen molar-refractivity contribution in [3.63, 3.8) is 0 Å². The molecule has 5 rings (SSSR count). The van der Waals surface area contributed by atoms with Gasteiger partial charge in [-0.05, 0) is 66.8 Å². The quantitative estimate of drug-likeness (QED) is 0.340. The molecule has 1 heterocycles. The SMILES string of the molecule is O=C(O)c1ccc(C(=O)N2CC[C@@]3(S(=O)(=O)c4ccccc4)c4ccc(C(F)(C(F)(F)F)C(F)(F)F)cc4CC[C@@H]23)cc1. The van der Waals surface area contributed by atoms with Gasteiger partial charge in [-0.2, -0.15) is 26.3 Å². The molecule has 14 heteroatoms. The predicted molar refractivity (Wildman–Crippen MR) is 138 cm³/mol. The molecule has 1 N–H and O–H groups in total. The summed E-state index contributed by atoms with van der Waals surface area (Å²) in [6.45, 7) is -0.143. The highest BCUT2D eigenvalue weighted by molar-refractivity contribution is 7.92. The lowest BCUT2D eigenvalue weighted by molar-refractivity contribution is -0.348. The molecular weight excluding hydrogens is 607 g/mol. The lowest BCUT2D eigenvalue weighted by Gasteiger charge is -2.43. The van der Waals surface area contributed by atoms with E-state index < -0.39 is 56.1 Å². The molecule has 2 aliphatic rings. The van der Waals surface area contributed by atoms with Gasteiger partial charge in [0, 0.05) is 17.7 Å². The average molecular weight is 630 g/mol. The van der Waals surface area contributed by atoms with Crippen LogP contribution in [0, 0.1) is 0 Å². The number of hydrogen-bond donors (Lipinski definition) is 1. The zero-order chi connectivity index (χ0) is 31.6. The van der Waals surface area contributed by atoms with Crippen molar-refractivity contribution in [2.45, 2.75) is 53.0 Å². The molecule has 3 aromatic carbocycles. The summed E-state index contributed by atoms with van der Waals surface area (Å²) in [6.07, 6.45) is -13.4. The van der Waals surface area contributed by atoms with Crippen LogP contribution in [-0.2, 0) is 26.7 Å². The van der Waals surface area contributed by atoms with Crippen LogP contribution in [0.15, 0.2) is 77.7 Å². The van der Waals surface area contributed by atoms with Crippen LogP contribution >= 0.6 is 0 Å². The fourth-order valence-corrected chi connectivity index (χ4v) is 8.59. The molecule has 1 aliphatic carbocycles. The van der Waals surface area contributed by atoms with Crippen LogP contribution in [0.4, 0.5) is 30.7 Å². The number of rotatable bonds is 5. The third kappa shape index (κ3) is 4.48. The van der Waals surface area contributed by atoms with E-state index in [9.17, 15) is 48.7 Å².